The molecule has 60 valence electrons. The van der Waals surface area contributed by atoms with Gasteiger partial charge in [-0.05, 0) is 23.8 Å². The summed E-state index contributed by atoms with van der Waals surface area (Å²) >= 11 is 1.99. The van der Waals surface area contributed by atoms with Gasteiger partial charge in [0.05, 0.1) is 6.54 Å². The normalized spacial score (nSPS) is 23.8. The number of isocyanates is 1. The highest BCUT2D eigenvalue weighted by atomic mass is 32.2. The number of thioether (sulfide) groups is 1. The van der Waals surface area contributed by atoms with E-state index in [9.17, 15) is 4.79 Å². The van der Waals surface area contributed by atoms with Crippen molar-refractivity contribution in [3.63, 3.8) is 0 Å². The molecular formula is C8H11NOS. The second-order valence-electron chi connectivity index (χ2n) is 2.48. The predicted octanol–water partition coefficient (Wildman–Crippen LogP) is 1.63. The minimum atomic E-state index is 0.491. The monoisotopic (exact) mass is 169 g/mol. The minimum absolute atomic E-state index is 0.491. The lowest BCUT2D eigenvalue weighted by Gasteiger charge is -1.96. The van der Waals surface area contributed by atoms with Crippen LogP contribution in [0.5, 0.6) is 0 Å². The number of hydrogen-bond donors (Lipinski definition) is 0. The van der Waals surface area contributed by atoms with Gasteiger partial charge in [-0.2, -0.15) is 11.8 Å². The van der Waals surface area contributed by atoms with Gasteiger partial charge in [-0.3, -0.25) is 0 Å². The predicted molar refractivity (Wildman–Crippen MR) is 47.6 cm³/mol. The largest absolute Gasteiger partial charge is 0.235 e. The van der Waals surface area contributed by atoms with E-state index in [2.05, 4.69) is 11.1 Å². The molecule has 0 N–H and O–H groups in total. The van der Waals surface area contributed by atoms with Crippen LogP contribution < -0.4 is 0 Å². The first-order valence-corrected chi connectivity index (χ1v) is 4.87. The molecule has 1 aliphatic heterocycles. The van der Waals surface area contributed by atoms with Crippen molar-refractivity contribution < 1.29 is 4.79 Å². The van der Waals surface area contributed by atoms with Crippen molar-refractivity contribution in [3.05, 3.63) is 12.2 Å². The van der Waals surface area contributed by atoms with Gasteiger partial charge in [0.15, 0.2) is 0 Å². The molecule has 0 amide bonds. The molecule has 0 radical (unpaired) electrons. The molecule has 0 aromatic carbocycles. The summed E-state index contributed by atoms with van der Waals surface area (Å²) in [6, 6.07) is 0. The Bertz CT molecular complexity index is 179. The van der Waals surface area contributed by atoms with E-state index in [1.54, 1.807) is 0 Å². The molecule has 1 atom stereocenters. The summed E-state index contributed by atoms with van der Waals surface area (Å²) in [7, 11) is 0. The smallest absolute Gasteiger partial charge is 0.211 e. The van der Waals surface area contributed by atoms with Gasteiger partial charge in [0.2, 0.25) is 6.08 Å². The molecule has 0 saturated carbocycles. The highest BCUT2D eigenvalue weighted by Crippen LogP contribution is 2.23. The molecule has 2 nitrogen and oxygen atoms in total. The summed E-state index contributed by atoms with van der Waals surface area (Å²) in [4.78, 5) is 13.1. The molecule has 3 heteroatoms. The molecular weight excluding hydrogens is 158 g/mol. The van der Waals surface area contributed by atoms with E-state index in [0.29, 0.717) is 12.5 Å². The van der Waals surface area contributed by atoms with Gasteiger partial charge in [0, 0.05) is 0 Å². The van der Waals surface area contributed by atoms with Crippen LogP contribution >= 0.6 is 11.8 Å². The summed E-state index contributed by atoms with van der Waals surface area (Å²) in [5, 5.41) is 0. The lowest BCUT2D eigenvalue weighted by molar-refractivity contribution is 0.564. The van der Waals surface area contributed by atoms with Crippen LogP contribution in [-0.4, -0.2) is 24.1 Å². The molecule has 11 heavy (non-hydrogen) atoms. The highest BCUT2D eigenvalue weighted by molar-refractivity contribution is 7.99. The molecule has 0 spiro atoms. The Labute approximate surface area is 70.8 Å². The van der Waals surface area contributed by atoms with Crippen LogP contribution in [0.25, 0.3) is 0 Å². The van der Waals surface area contributed by atoms with Gasteiger partial charge in [0.1, 0.15) is 0 Å². The molecule has 1 saturated heterocycles. The molecule has 1 aliphatic rings. The van der Waals surface area contributed by atoms with E-state index in [4.69, 9.17) is 0 Å². The van der Waals surface area contributed by atoms with E-state index >= 15 is 0 Å². The minimum Gasteiger partial charge on any atom is -0.211 e. The average molecular weight is 169 g/mol. The van der Waals surface area contributed by atoms with Gasteiger partial charge in [0.25, 0.3) is 0 Å². The van der Waals surface area contributed by atoms with Crippen LogP contribution in [0.15, 0.2) is 17.1 Å². The zero-order valence-corrected chi connectivity index (χ0v) is 7.14. The molecule has 0 bridgehead atoms. The Hall–Kier alpha value is -0.530. The van der Waals surface area contributed by atoms with Gasteiger partial charge in [-0.1, -0.05) is 12.2 Å². The third-order valence-electron chi connectivity index (χ3n) is 1.63. The van der Waals surface area contributed by atoms with Gasteiger partial charge >= 0.3 is 0 Å². The Morgan fingerprint density at radius 2 is 2.64 bits per heavy atom. The molecule has 1 heterocycles. The molecule has 0 aliphatic carbocycles. The zero-order chi connectivity index (χ0) is 7.94. The fourth-order valence-corrected chi connectivity index (χ4v) is 2.26. The quantitative estimate of drug-likeness (QED) is 0.365. The van der Waals surface area contributed by atoms with Crippen molar-refractivity contribution in [1.82, 2.24) is 0 Å². The topological polar surface area (TPSA) is 29.4 Å². The van der Waals surface area contributed by atoms with Gasteiger partial charge in [-0.15, -0.1) is 0 Å². The van der Waals surface area contributed by atoms with E-state index in [1.807, 2.05) is 17.8 Å². The first-order valence-electron chi connectivity index (χ1n) is 3.71. The van der Waals surface area contributed by atoms with Gasteiger partial charge in [-0.25, -0.2) is 9.79 Å². The first-order chi connectivity index (χ1) is 5.43. The average Bonchev–Trinajstić information content (AvgIpc) is 2.50. The summed E-state index contributed by atoms with van der Waals surface area (Å²) < 4.78 is 0. The molecule has 1 fully saturated rings. The fourth-order valence-electron chi connectivity index (χ4n) is 1.05. The van der Waals surface area contributed by atoms with Crippen molar-refractivity contribution in [2.45, 2.75) is 6.42 Å². The van der Waals surface area contributed by atoms with Crippen LogP contribution in [0.2, 0.25) is 0 Å². The second kappa shape index (κ2) is 5.16. The fraction of sp³-hybridized carbons (Fsp3) is 0.625. The van der Waals surface area contributed by atoms with Crippen molar-refractivity contribution in [1.29, 1.82) is 0 Å². The highest BCUT2D eigenvalue weighted by Gasteiger charge is 2.10. The maximum atomic E-state index is 9.67. The van der Waals surface area contributed by atoms with Crippen molar-refractivity contribution in [3.8, 4) is 0 Å². The number of hydrogen-bond acceptors (Lipinski definition) is 3. The summed E-state index contributed by atoms with van der Waals surface area (Å²) in [6.07, 6.45) is 6.88. The SMILES string of the molecule is O=C=NC/C=C\C1CCSC1. The maximum Gasteiger partial charge on any atom is 0.235 e. The Kier molecular flexibility index (Phi) is 4.02. The Morgan fingerprint density at radius 3 is 3.27 bits per heavy atom. The van der Waals surface area contributed by atoms with Crippen molar-refractivity contribution in [2.24, 2.45) is 10.9 Å². The maximum absolute atomic E-state index is 9.67. The lowest BCUT2D eigenvalue weighted by Crippen LogP contribution is -1.91. The van der Waals surface area contributed by atoms with Crippen LogP contribution in [0.4, 0.5) is 0 Å². The molecule has 1 unspecified atom stereocenters. The molecule has 0 aromatic heterocycles. The third kappa shape index (κ3) is 3.40. The van der Waals surface area contributed by atoms with E-state index < -0.39 is 0 Å². The Balaban J connectivity index is 2.17. The second-order valence-corrected chi connectivity index (χ2v) is 3.63. The summed E-state index contributed by atoms with van der Waals surface area (Å²) in [6.45, 7) is 0.491. The van der Waals surface area contributed by atoms with Crippen molar-refractivity contribution in [2.75, 3.05) is 18.1 Å². The van der Waals surface area contributed by atoms with Crippen molar-refractivity contribution >= 4 is 17.8 Å². The van der Waals surface area contributed by atoms with Crippen LogP contribution in [0.3, 0.4) is 0 Å². The number of nitrogens with zero attached hydrogens (tertiary/aromatic N) is 1. The van der Waals surface area contributed by atoms with Crippen LogP contribution in [0, 0.1) is 5.92 Å². The molecule has 1 rings (SSSR count). The van der Waals surface area contributed by atoms with E-state index in [0.717, 1.165) is 0 Å². The summed E-state index contributed by atoms with van der Waals surface area (Å²) in [5.74, 6) is 3.20. The van der Waals surface area contributed by atoms with Crippen LogP contribution in [-0.2, 0) is 4.79 Å². The van der Waals surface area contributed by atoms with Gasteiger partial charge < -0.3 is 0 Å². The van der Waals surface area contributed by atoms with E-state index in [-0.39, 0.29) is 0 Å². The van der Waals surface area contributed by atoms with E-state index in [1.165, 1.54) is 24.0 Å². The number of allylic oxidation sites excluding steroid dienone is 1. The number of aliphatic imine (C=N–C) groups is 1. The summed E-state index contributed by atoms with van der Waals surface area (Å²) in [5.41, 5.74) is 0. The van der Waals surface area contributed by atoms with Crippen LogP contribution in [0.1, 0.15) is 6.42 Å². The standard InChI is InChI=1S/C8H11NOS/c10-7-9-4-1-2-8-3-5-11-6-8/h1-2,8H,3-6H2/b2-1-. The lowest BCUT2D eigenvalue weighted by atomic mass is 10.1. The number of rotatable bonds is 3. The molecule has 0 aromatic rings. The Morgan fingerprint density at radius 1 is 1.73 bits per heavy atom. The third-order valence-corrected chi connectivity index (χ3v) is 2.82. The number of carbonyl (C=O) groups excluding carboxylic acids is 1. The first kappa shape index (κ1) is 8.57. The zero-order valence-electron chi connectivity index (χ0n) is 6.32.